The number of methoxy groups -OCH3 is 1. The molecule has 92 valence electrons. The first-order valence-electron chi connectivity index (χ1n) is 5.77. The van der Waals surface area contributed by atoms with E-state index < -0.39 is 0 Å². The van der Waals surface area contributed by atoms with Crippen molar-refractivity contribution >= 4 is 5.78 Å². The van der Waals surface area contributed by atoms with Crippen LogP contribution in [0, 0.1) is 6.92 Å². The lowest BCUT2D eigenvalue weighted by Crippen LogP contribution is -2.04. The zero-order valence-electron chi connectivity index (χ0n) is 10.5. The van der Waals surface area contributed by atoms with E-state index in [4.69, 9.17) is 4.74 Å². The summed E-state index contributed by atoms with van der Waals surface area (Å²) in [5, 5.41) is 0. The maximum atomic E-state index is 12.1. The van der Waals surface area contributed by atoms with Crippen molar-refractivity contribution in [1.82, 2.24) is 4.98 Å². The van der Waals surface area contributed by atoms with Crippen molar-refractivity contribution in [2.45, 2.75) is 13.3 Å². The fourth-order valence-corrected chi connectivity index (χ4v) is 1.84. The molecule has 1 heterocycles. The van der Waals surface area contributed by atoms with E-state index in [-0.39, 0.29) is 5.78 Å². The molecule has 1 aromatic heterocycles. The minimum Gasteiger partial charge on any atom is -0.496 e. The SMILES string of the molecule is COc1ccc(C(=O)Cc2ccncc2)cc1C. The van der Waals surface area contributed by atoms with Gasteiger partial charge in [0, 0.05) is 24.4 Å². The molecule has 2 aromatic rings. The predicted molar refractivity (Wildman–Crippen MR) is 70.0 cm³/mol. The number of pyridine rings is 1. The molecule has 0 atom stereocenters. The number of ether oxygens (including phenoxy) is 1. The highest BCUT2D eigenvalue weighted by Crippen LogP contribution is 2.19. The Hall–Kier alpha value is -2.16. The van der Waals surface area contributed by atoms with Crippen molar-refractivity contribution in [2.75, 3.05) is 7.11 Å². The van der Waals surface area contributed by atoms with Gasteiger partial charge in [-0.3, -0.25) is 9.78 Å². The van der Waals surface area contributed by atoms with Crippen LogP contribution in [0.25, 0.3) is 0 Å². The Kier molecular flexibility index (Phi) is 3.72. The summed E-state index contributed by atoms with van der Waals surface area (Å²) in [6.45, 7) is 1.93. The molecule has 2 rings (SSSR count). The number of aryl methyl sites for hydroxylation is 1. The maximum Gasteiger partial charge on any atom is 0.167 e. The van der Waals surface area contributed by atoms with Crippen LogP contribution >= 0.6 is 0 Å². The van der Waals surface area contributed by atoms with E-state index in [1.807, 2.05) is 31.2 Å². The summed E-state index contributed by atoms with van der Waals surface area (Å²) in [7, 11) is 1.63. The quantitative estimate of drug-likeness (QED) is 0.773. The highest BCUT2D eigenvalue weighted by Gasteiger charge is 2.09. The second-order valence-corrected chi connectivity index (χ2v) is 4.14. The molecule has 0 spiro atoms. The van der Waals surface area contributed by atoms with E-state index >= 15 is 0 Å². The summed E-state index contributed by atoms with van der Waals surface area (Å²) in [5.41, 5.74) is 2.66. The number of hydrogen-bond donors (Lipinski definition) is 0. The first kappa shape index (κ1) is 12.3. The minimum atomic E-state index is 0.104. The van der Waals surface area contributed by atoms with E-state index in [2.05, 4.69) is 4.98 Å². The average molecular weight is 241 g/mol. The van der Waals surface area contributed by atoms with E-state index in [1.165, 1.54) is 0 Å². The van der Waals surface area contributed by atoms with Gasteiger partial charge in [0.15, 0.2) is 5.78 Å². The Bertz CT molecular complexity index is 550. The van der Waals surface area contributed by atoms with Crippen LogP contribution in [-0.4, -0.2) is 17.9 Å². The monoisotopic (exact) mass is 241 g/mol. The third-order valence-electron chi connectivity index (χ3n) is 2.83. The zero-order valence-corrected chi connectivity index (χ0v) is 10.5. The van der Waals surface area contributed by atoms with Gasteiger partial charge < -0.3 is 4.74 Å². The molecule has 0 radical (unpaired) electrons. The van der Waals surface area contributed by atoms with Crippen LogP contribution in [0.3, 0.4) is 0 Å². The van der Waals surface area contributed by atoms with Gasteiger partial charge >= 0.3 is 0 Å². The average Bonchev–Trinajstić information content (AvgIpc) is 2.39. The van der Waals surface area contributed by atoms with Gasteiger partial charge in [-0.2, -0.15) is 0 Å². The predicted octanol–water partition coefficient (Wildman–Crippen LogP) is 2.82. The number of hydrogen-bond acceptors (Lipinski definition) is 3. The van der Waals surface area contributed by atoms with Gasteiger partial charge in [0.05, 0.1) is 7.11 Å². The molecule has 0 saturated heterocycles. The maximum absolute atomic E-state index is 12.1. The lowest BCUT2D eigenvalue weighted by atomic mass is 10.0. The molecular formula is C15H15NO2. The van der Waals surface area contributed by atoms with Gasteiger partial charge in [-0.1, -0.05) is 0 Å². The summed E-state index contributed by atoms with van der Waals surface area (Å²) >= 11 is 0. The van der Waals surface area contributed by atoms with E-state index in [1.54, 1.807) is 25.6 Å². The van der Waals surface area contributed by atoms with Crippen molar-refractivity contribution in [3.8, 4) is 5.75 Å². The van der Waals surface area contributed by atoms with Crippen molar-refractivity contribution in [2.24, 2.45) is 0 Å². The normalized spacial score (nSPS) is 10.1. The lowest BCUT2D eigenvalue weighted by molar-refractivity contribution is 0.0993. The molecule has 18 heavy (non-hydrogen) atoms. The fourth-order valence-electron chi connectivity index (χ4n) is 1.84. The molecule has 0 unspecified atom stereocenters. The van der Waals surface area contributed by atoms with Gasteiger partial charge in [-0.25, -0.2) is 0 Å². The third kappa shape index (κ3) is 2.74. The van der Waals surface area contributed by atoms with E-state index in [0.29, 0.717) is 12.0 Å². The first-order valence-corrected chi connectivity index (χ1v) is 5.77. The number of nitrogens with zero attached hydrogens (tertiary/aromatic N) is 1. The molecule has 0 fully saturated rings. The number of carbonyl (C=O) groups excluding carboxylic acids is 1. The van der Waals surface area contributed by atoms with Crippen LogP contribution in [0.4, 0.5) is 0 Å². The Balaban J connectivity index is 2.17. The summed E-state index contributed by atoms with van der Waals surface area (Å²) in [4.78, 5) is 16.0. The molecule has 0 aliphatic heterocycles. The highest BCUT2D eigenvalue weighted by molar-refractivity contribution is 5.97. The molecule has 0 aliphatic rings. The molecule has 3 heteroatoms. The number of carbonyl (C=O) groups is 1. The van der Waals surface area contributed by atoms with Gasteiger partial charge in [-0.05, 0) is 48.4 Å². The van der Waals surface area contributed by atoms with Gasteiger partial charge in [0.2, 0.25) is 0 Å². The Morgan fingerprint density at radius 1 is 1.22 bits per heavy atom. The molecule has 0 aliphatic carbocycles. The Morgan fingerprint density at radius 3 is 2.56 bits per heavy atom. The van der Waals surface area contributed by atoms with Gasteiger partial charge in [0.25, 0.3) is 0 Å². The van der Waals surface area contributed by atoms with E-state index in [0.717, 1.165) is 16.9 Å². The molecule has 0 N–H and O–H groups in total. The van der Waals surface area contributed by atoms with Crippen LogP contribution < -0.4 is 4.74 Å². The number of benzene rings is 1. The van der Waals surface area contributed by atoms with Crippen molar-refractivity contribution in [3.63, 3.8) is 0 Å². The number of Topliss-reactive ketones (excluding diaryl/α,β-unsaturated/α-hetero) is 1. The number of rotatable bonds is 4. The fraction of sp³-hybridized carbons (Fsp3) is 0.200. The smallest absolute Gasteiger partial charge is 0.167 e. The largest absolute Gasteiger partial charge is 0.496 e. The molecule has 0 bridgehead atoms. The number of ketones is 1. The Morgan fingerprint density at radius 2 is 1.94 bits per heavy atom. The van der Waals surface area contributed by atoms with Crippen LogP contribution in [0.5, 0.6) is 5.75 Å². The number of aromatic nitrogens is 1. The molecule has 3 nitrogen and oxygen atoms in total. The van der Waals surface area contributed by atoms with E-state index in [9.17, 15) is 4.79 Å². The standard InChI is InChI=1S/C15H15NO2/c1-11-9-13(3-4-15(11)18-2)14(17)10-12-5-7-16-8-6-12/h3-9H,10H2,1-2H3. The summed E-state index contributed by atoms with van der Waals surface area (Å²) < 4.78 is 5.18. The molecule has 1 aromatic carbocycles. The highest BCUT2D eigenvalue weighted by atomic mass is 16.5. The second-order valence-electron chi connectivity index (χ2n) is 4.14. The van der Waals surface area contributed by atoms with Crippen molar-refractivity contribution in [3.05, 3.63) is 59.4 Å². The third-order valence-corrected chi connectivity index (χ3v) is 2.83. The summed E-state index contributed by atoms with van der Waals surface area (Å²) in [6.07, 6.45) is 3.79. The summed E-state index contributed by atoms with van der Waals surface area (Å²) in [5.74, 6) is 0.905. The summed E-state index contributed by atoms with van der Waals surface area (Å²) in [6, 6.07) is 9.20. The minimum absolute atomic E-state index is 0.104. The van der Waals surface area contributed by atoms with Crippen LogP contribution in [0.1, 0.15) is 21.5 Å². The molecule has 0 amide bonds. The van der Waals surface area contributed by atoms with Crippen LogP contribution in [-0.2, 0) is 6.42 Å². The van der Waals surface area contributed by atoms with Crippen molar-refractivity contribution in [1.29, 1.82) is 0 Å². The van der Waals surface area contributed by atoms with Gasteiger partial charge in [0.1, 0.15) is 5.75 Å². The van der Waals surface area contributed by atoms with Gasteiger partial charge in [-0.15, -0.1) is 0 Å². The Labute approximate surface area is 106 Å². The lowest BCUT2D eigenvalue weighted by Gasteiger charge is -2.06. The topological polar surface area (TPSA) is 39.2 Å². The molecular weight excluding hydrogens is 226 g/mol. The first-order chi connectivity index (χ1) is 8.70. The second kappa shape index (κ2) is 5.45. The van der Waals surface area contributed by atoms with Crippen LogP contribution in [0.2, 0.25) is 0 Å². The van der Waals surface area contributed by atoms with Crippen molar-refractivity contribution < 1.29 is 9.53 Å². The van der Waals surface area contributed by atoms with Crippen LogP contribution in [0.15, 0.2) is 42.7 Å². The zero-order chi connectivity index (χ0) is 13.0. The molecule has 0 saturated carbocycles.